The zero-order chi connectivity index (χ0) is 24.6. The van der Waals surface area contributed by atoms with Crippen LogP contribution in [0.4, 0.5) is 14.5 Å². The van der Waals surface area contributed by atoms with Crippen molar-refractivity contribution in [2.24, 2.45) is 5.92 Å². The van der Waals surface area contributed by atoms with E-state index in [0.29, 0.717) is 51.1 Å². The van der Waals surface area contributed by atoms with E-state index >= 15 is 0 Å². The molecule has 0 bridgehead atoms. The Morgan fingerprint density at radius 1 is 0.914 bits per heavy atom. The molecule has 0 saturated carbocycles. The molecule has 0 N–H and O–H groups in total. The van der Waals surface area contributed by atoms with Crippen molar-refractivity contribution in [1.29, 1.82) is 0 Å². The summed E-state index contributed by atoms with van der Waals surface area (Å²) in [6.07, 6.45) is 2.89. The lowest BCUT2D eigenvalue weighted by molar-refractivity contribution is -0.137. The van der Waals surface area contributed by atoms with Gasteiger partial charge in [0.15, 0.2) is 0 Å². The van der Waals surface area contributed by atoms with E-state index in [1.54, 1.807) is 17.2 Å². The molecule has 3 heterocycles. The van der Waals surface area contributed by atoms with Gasteiger partial charge in [-0.15, -0.1) is 0 Å². The second kappa shape index (κ2) is 9.50. The summed E-state index contributed by atoms with van der Waals surface area (Å²) in [6, 6.07) is 11.2. The van der Waals surface area contributed by atoms with Gasteiger partial charge in [0.25, 0.3) is 0 Å². The van der Waals surface area contributed by atoms with Crippen LogP contribution in [0.1, 0.15) is 12.8 Å². The van der Waals surface area contributed by atoms with Gasteiger partial charge in [0.1, 0.15) is 11.6 Å². The average Bonchev–Trinajstić information content (AvgIpc) is 2.88. The number of aromatic nitrogens is 1. The number of carbonyl (C=O) groups excluding carboxylic acids is 1. The maximum absolute atomic E-state index is 13.6. The van der Waals surface area contributed by atoms with Crippen LogP contribution in [0.5, 0.6) is 0 Å². The molecule has 1 atom stereocenters. The minimum atomic E-state index is -3.79. The quantitative estimate of drug-likeness (QED) is 0.550. The highest BCUT2D eigenvalue weighted by atomic mass is 32.2. The van der Waals surface area contributed by atoms with E-state index in [4.69, 9.17) is 0 Å². The predicted octanol–water partition coefficient (Wildman–Crippen LogP) is 3.26. The van der Waals surface area contributed by atoms with Gasteiger partial charge in [-0.3, -0.25) is 9.78 Å². The molecule has 1 unspecified atom stereocenters. The lowest BCUT2D eigenvalue weighted by Crippen LogP contribution is -2.53. The van der Waals surface area contributed by atoms with Crippen molar-refractivity contribution < 1.29 is 22.0 Å². The van der Waals surface area contributed by atoms with Gasteiger partial charge in [-0.25, -0.2) is 17.2 Å². The van der Waals surface area contributed by atoms with Crippen molar-refractivity contribution >= 4 is 32.5 Å². The number of carbonyl (C=O) groups is 1. The Morgan fingerprint density at radius 2 is 1.63 bits per heavy atom. The van der Waals surface area contributed by atoms with Crippen LogP contribution in [0.25, 0.3) is 10.9 Å². The zero-order valence-corrected chi connectivity index (χ0v) is 19.9. The molecule has 0 spiro atoms. The van der Waals surface area contributed by atoms with Crippen molar-refractivity contribution in [2.45, 2.75) is 17.7 Å². The molecule has 1 amide bonds. The number of sulfonamides is 1. The van der Waals surface area contributed by atoms with Crippen LogP contribution < -0.4 is 4.90 Å². The topological polar surface area (TPSA) is 73.8 Å². The van der Waals surface area contributed by atoms with Gasteiger partial charge in [-0.05, 0) is 55.3 Å². The summed E-state index contributed by atoms with van der Waals surface area (Å²) in [4.78, 5) is 21.5. The van der Waals surface area contributed by atoms with Crippen molar-refractivity contribution in [3.63, 3.8) is 0 Å². The van der Waals surface area contributed by atoms with Gasteiger partial charge >= 0.3 is 0 Å². The molecule has 7 nitrogen and oxygen atoms in total. The first-order valence-corrected chi connectivity index (χ1v) is 13.1. The van der Waals surface area contributed by atoms with E-state index in [2.05, 4.69) is 9.88 Å². The van der Waals surface area contributed by atoms with Crippen LogP contribution in [-0.4, -0.2) is 67.8 Å². The highest BCUT2D eigenvalue weighted by Crippen LogP contribution is 2.29. The summed E-state index contributed by atoms with van der Waals surface area (Å²) in [5.41, 5.74) is 1.54. The number of hydrogen-bond donors (Lipinski definition) is 0. The molecular formula is C25H26F2N4O3S. The maximum atomic E-state index is 13.6. The number of anilines is 1. The Hall–Kier alpha value is -3.11. The van der Waals surface area contributed by atoms with Crippen LogP contribution in [-0.2, 0) is 14.8 Å². The van der Waals surface area contributed by atoms with E-state index in [9.17, 15) is 22.0 Å². The molecule has 2 fully saturated rings. The van der Waals surface area contributed by atoms with Gasteiger partial charge in [0.05, 0.1) is 16.3 Å². The largest absolute Gasteiger partial charge is 0.367 e. The maximum Gasteiger partial charge on any atom is 0.243 e. The summed E-state index contributed by atoms with van der Waals surface area (Å²) in [5, 5.41) is 0.864. The van der Waals surface area contributed by atoms with Gasteiger partial charge in [-0.2, -0.15) is 4.31 Å². The van der Waals surface area contributed by atoms with Crippen LogP contribution in [0, 0.1) is 17.6 Å². The number of halogens is 2. The van der Waals surface area contributed by atoms with Crippen molar-refractivity contribution in [3.8, 4) is 0 Å². The summed E-state index contributed by atoms with van der Waals surface area (Å²) < 4.78 is 54.2. The number of nitrogens with zero attached hydrogens (tertiary/aromatic N) is 4. The van der Waals surface area contributed by atoms with Gasteiger partial charge in [0.2, 0.25) is 15.9 Å². The molecular weight excluding hydrogens is 474 g/mol. The van der Waals surface area contributed by atoms with E-state index in [0.717, 1.165) is 23.2 Å². The molecule has 1 aromatic heterocycles. The number of piperazine rings is 1. The Kier molecular flexibility index (Phi) is 6.41. The number of piperidine rings is 1. The van der Waals surface area contributed by atoms with Crippen LogP contribution >= 0.6 is 0 Å². The summed E-state index contributed by atoms with van der Waals surface area (Å²) >= 11 is 0. The van der Waals surface area contributed by atoms with E-state index in [1.165, 1.54) is 28.6 Å². The molecule has 0 aliphatic carbocycles. The van der Waals surface area contributed by atoms with E-state index < -0.39 is 21.8 Å². The monoisotopic (exact) mass is 500 g/mol. The first-order valence-electron chi connectivity index (χ1n) is 11.7. The smallest absolute Gasteiger partial charge is 0.243 e. The molecule has 2 aliphatic rings. The molecule has 184 valence electrons. The first-order chi connectivity index (χ1) is 16.8. The number of rotatable bonds is 4. The molecule has 0 radical (unpaired) electrons. The Balaban J connectivity index is 1.24. The van der Waals surface area contributed by atoms with Gasteiger partial charge < -0.3 is 9.80 Å². The summed E-state index contributed by atoms with van der Waals surface area (Å²) in [6.45, 7) is 2.74. The number of benzene rings is 2. The predicted molar refractivity (Wildman–Crippen MR) is 128 cm³/mol. The van der Waals surface area contributed by atoms with Crippen molar-refractivity contribution in [3.05, 3.63) is 66.4 Å². The fourth-order valence-corrected chi connectivity index (χ4v) is 6.45. The Labute approximate surface area is 203 Å². The number of amides is 1. The molecule has 2 aliphatic heterocycles. The molecule has 5 rings (SSSR count). The molecule has 3 aromatic rings. The third-order valence-electron chi connectivity index (χ3n) is 6.80. The lowest BCUT2D eigenvalue weighted by atomic mass is 9.97. The zero-order valence-electron chi connectivity index (χ0n) is 19.1. The second-order valence-electron chi connectivity index (χ2n) is 8.96. The molecule has 2 saturated heterocycles. The Bertz CT molecular complexity index is 1340. The normalized spacial score (nSPS) is 19.8. The van der Waals surface area contributed by atoms with Crippen LogP contribution in [0.2, 0.25) is 0 Å². The minimum Gasteiger partial charge on any atom is -0.367 e. The van der Waals surface area contributed by atoms with E-state index in [-0.39, 0.29) is 23.2 Å². The number of pyridine rings is 1. The van der Waals surface area contributed by atoms with Crippen molar-refractivity contribution in [2.75, 3.05) is 44.2 Å². The SMILES string of the molecule is O=C(C1CCCN(S(=O)(=O)c2ccc(F)cc2)C1)N1CCN(c2ccnc3cc(F)ccc23)CC1. The van der Waals surface area contributed by atoms with Crippen LogP contribution in [0.3, 0.4) is 0 Å². The summed E-state index contributed by atoms with van der Waals surface area (Å²) in [7, 11) is -3.79. The number of hydrogen-bond acceptors (Lipinski definition) is 5. The first kappa shape index (κ1) is 23.6. The average molecular weight is 501 g/mol. The highest BCUT2D eigenvalue weighted by Gasteiger charge is 2.36. The molecule has 35 heavy (non-hydrogen) atoms. The standard InChI is InChI=1S/C25H26F2N4O3S/c26-19-3-6-21(7-4-19)35(33,34)31-11-1-2-18(17-31)25(32)30-14-12-29(13-15-30)24-9-10-28-23-16-20(27)5-8-22(23)24/h3-10,16,18H,1-2,11-15,17H2. The second-order valence-corrected chi connectivity index (χ2v) is 10.9. The van der Waals surface area contributed by atoms with Gasteiger partial charge in [-0.1, -0.05) is 0 Å². The van der Waals surface area contributed by atoms with Gasteiger partial charge in [0, 0.05) is 62.6 Å². The number of fused-ring (bicyclic) bond motifs is 1. The fraction of sp³-hybridized carbons (Fsp3) is 0.360. The van der Waals surface area contributed by atoms with Crippen molar-refractivity contribution in [1.82, 2.24) is 14.2 Å². The van der Waals surface area contributed by atoms with Crippen LogP contribution in [0.15, 0.2) is 59.6 Å². The summed E-state index contributed by atoms with van der Waals surface area (Å²) in [5.74, 6) is -1.28. The molecule has 10 heteroatoms. The Morgan fingerprint density at radius 3 is 2.37 bits per heavy atom. The third-order valence-corrected chi connectivity index (χ3v) is 8.68. The molecule has 2 aromatic carbocycles. The third kappa shape index (κ3) is 4.72. The van der Waals surface area contributed by atoms with E-state index in [1.807, 2.05) is 6.07 Å². The highest BCUT2D eigenvalue weighted by molar-refractivity contribution is 7.89. The lowest BCUT2D eigenvalue weighted by Gasteiger charge is -2.39. The minimum absolute atomic E-state index is 0.0325. The fourth-order valence-electron chi connectivity index (χ4n) is 4.93.